The van der Waals surface area contributed by atoms with Gasteiger partial charge in [-0.15, -0.1) is 0 Å². The van der Waals surface area contributed by atoms with Gasteiger partial charge in [-0.05, 0) is 30.3 Å². The molecule has 0 heterocycles. The Balaban J connectivity index is 2.50. The van der Waals surface area contributed by atoms with Crippen LogP contribution in [0.1, 0.15) is 15.9 Å². The van der Waals surface area contributed by atoms with Gasteiger partial charge in [0.05, 0.1) is 22.0 Å². The summed E-state index contributed by atoms with van der Waals surface area (Å²) in [6.45, 7) is -0.287. The SMILES string of the molecule is NCOC(=O)c1ccc(C(C=C(N)C(F)(F)F)=Nc2ccccc2Cl)cc1. The van der Waals surface area contributed by atoms with Crippen LogP contribution in [0.25, 0.3) is 0 Å². The molecule has 27 heavy (non-hydrogen) atoms. The Morgan fingerprint density at radius 3 is 2.26 bits per heavy atom. The normalized spacial score (nSPS) is 12.8. The second-order valence-corrected chi connectivity index (χ2v) is 5.63. The second-order valence-electron chi connectivity index (χ2n) is 5.22. The van der Waals surface area contributed by atoms with E-state index in [2.05, 4.69) is 9.73 Å². The molecule has 0 amide bonds. The van der Waals surface area contributed by atoms with Crippen LogP contribution in [0.4, 0.5) is 18.9 Å². The first-order valence-corrected chi connectivity index (χ1v) is 7.95. The van der Waals surface area contributed by atoms with Gasteiger partial charge in [0.1, 0.15) is 12.4 Å². The maximum atomic E-state index is 12.9. The number of nitrogens with zero attached hydrogens (tertiary/aromatic N) is 1. The molecule has 0 spiro atoms. The molecule has 0 atom stereocenters. The smallest absolute Gasteiger partial charge is 0.430 e. The van der Waals surface area contributed by atoms with Crippen molar-refractivity contribution in [1.29, 1.82) is 0 Å². The van der Waals surface area contributed by atoms with Crippen LogP contribution in [-0.2, 0) is 4.74 Å². The van der Waals surface area contributed by atoms with Crippen molar-refractivity contribution < 1.29 is 22.7 Å². The Morgan fingerprint density at radius 1 is 1.11 bits per heavy atom. The summed E-state index contributed by atoms with van der Waals surface area (Å²) in [7, 11) is 0. The van der Waals surface area contributed by atoms with Crippen LogP contribution >= 0.6 is 11.6 Å². The molecule has 2 aromatic rings. The Morgan fingerprint density at radius 2 is 1.70 bits per heavy atom. The molecular weight excluding hydrogens is 383 g/mol. The number of carbonyl (C=O) groups is 1. The van der Waals surface area contributed by atoms with Crippen LogP contribution in [0.15, 0.2) is 65.3 Å². The number of ether oxygens (including phenoxy) is 1. The number of allylic oxidation sites excluding steroid dienone is 2. The Hall–Kier alpha value is -2.84. The fourth-order valence-corrected chi connectivity index (χ4v) is 2.20. The second kappa shape index (κ2) is 8.70. The third-order valence-corrected chi connectivity index (χ3v) is 3.66. The number of para-hydroxylation sites is 1. The number of alkyl halides is 3. The zero-order valence-electron chi connectivity index (χ0n) is 13.8. The Bertz CT molecular complexity index is 878. The van der Waals surface area contributed by atoms with Crippen LogP contribution in [0, 0.1) is 0 Å². The van der Waals surface area contributed by atoms with Crippen LogP contribution in [0.2, 0.25) is 5.02 Å². The summed E-state index contributed by atoms with van der Waals surface area (Å²) in [5, 5.41) is 0.261. The molecule has 0 fully saturated rings. The fraction of sp³-hybridized carbons (Fsp3) is 0.111. The standard InChI is InChI=1S/C18H15ClF3N3O2/c19-13-3-1-2-4-14(13)25-15(9-16(24)18(20,21)22)11-5-7-12(8-6-11)17(26)27-10-23/h1-9H,10,23-24H2. The molecule has 0 unspecified atom stereocenters. The van der Waals surface area contributed by atoms with Crippen molar-refractivity contribution in [2.75, 3.05) is 6.73 Å². The summed E-state index contributed by atoms with van der Waals surface area (Å²) in [6, 6.07) is 12.0. The van der Waals surface area contributed by atoms with E-state index in [1.807, 2.05) is 0 Å². The lowest BCUT2D eigenvalue weighted by Crippen LogP contribution is -2.21. The first kappa shape index (κ1) is 20.5. The van der Waals surface area contributed by atoms with Crippen molar-refractivity contribution in [3.8, 4) is 0 Å². The summed E-state index contributed by atoms with van der Waals surface area (Å²) >= 11 is 6.03. The lowest BCUT2D eigenvalue weighted by molar-refractivity contribution is -0.0925. The molecule has 4 N–H and O–H groups in total. The zero-order valence-corrected chi connectivity index (χ0v) is 14.6. The van der Waals surface area contributed by atoms with Crippen LogP contribution < -0.4 is 11.5 Å². The molecule has 9 heteroatoms. The quantitative estimate of drug-likeness (QED) is 0.454. The average Bonchev–Trinajstić information content (AvgIpc) is 2.62. The zero-order chi connectivity index (χ0) is 20.0. The van der Waals surface area contributed by atoms with Gasteiger partial charge >= 0.3 is 12.1 Å². The summed E-state index contributed by atoms with van der Waals surface area (Å²) in [4.78, 5) is 15.8. The highest BCUT2D eigenvalue weighted by atomic mass is 35.5. The topological polar surface area (TPSA) is 90.7 Å². The molecule has 0 aliphatic heterocycles. The maximum Gasteiger partial charge on any atom is 0.430 e. The van der Waals surface area contributed by atoms with Crippen LogP contribution in [-0.4, -0.2) is 24.6 Å². The molecule has 0 aromatic heterocycles. The van der Waals surface area contributed by atoms with E-state index in [9.17, 15) is 18.0 Å². The minimum absolute atomic E-state index is 0.0725. The third kappa shape index (κ3) is 5.57. The molecule has 5 nitrogen and oxygen atoms in total. The molecular formula is C18H15ClF3N3O2. The van der Waals surface area contributed by atoms with Gasteiger partial charge in [-0.1, -0.05) is 35.9 Å². The number of nitrogens with two attached hydrogens (primary N) is 2. The van der Waals surface area contributed by atoms with E-state index < -0.39 is 17.8 Å². The summed E-state index contributed by atoms with van der Waals surface area (Å²) in [5.41, 5.74) is 9.64. The highest BCUT2D eigenvalue weighted by molar-refractivity contribution is 6.33. The lowest BCUT2D eigenvalue weighted by Gasteiger charge is -2.09. The first-order valence-electron chi connectivity index (χ1n) is 7.57. The van der Waals surface area contributed by atoms with Gasteiger partial charge in [0.2, 0.25) is 0 Å². The molecule has 142 valence electrons. The van der Waals surface area contributed by atoms with E-state index in [1.54, 1.807) is 24.3 Å². The number of hydrogen-bond acceptors (Lipinski definition) is 5. The van der Waals surface area contributed by atoms with Gasteiger partial charge in [-0.3, -0.25) is 5.73 Å². The lowest BCUT2D eigenvalue weighted by atomic mass is 10.1. The van der Waals surface area contributed by atoms with Crippen molar-refractivity contribution in [1.82, 2.24) is 0 Å². The predicted octanol–water partition coefficient (Wildman–Crippen LogP) is 3.94. The third-order valence-electron chi connectivity index (χ3n) is 3.34. The van der Waals surface area contributed by atoms with Crippen molar-refractivity contribution in [2.24, 2.45) is 16.5 Å². The monoisotopic (exact) mass is 397 g/mol. The van der Waals surface area contributed by atoms with Crippen molar-refractivity contribution >= 4 is 29.0 Å². The number of benzene rings is 2. The number of rotatable bonds is 5. The van der Waals surface area contributed by atoms with Gasteiger partial charge in [0, 0.05) is 5.56 Å². The van der Waals surface area contributed by atoms with Crippen LogP contribution in [0.3, 0.4) is 0 Å². The highest BCUT2D eigenvalue weighted by Gasteiger charge is 2.31. The Labute approximate surface area is 158 Å². The van der Waals surface area contributed by atoms with Crippen LogP contribution in [0.5, 0.6) is 0 Å². The average molecular weight is 398 g/mol. The molecule has 0 aliphatic rings. The van der Waals surface area contributed by atoms with E-state index >= 15 is 0 Å². The van der Waals surface area contributed by atoms with Gasteiger partial charge in [0.15, 0.2) is 0 Å². The molecule has 2 aromatic carbocycles. The van der Waals surface area contributed by atoms with Gasteiger partial charge in [-0.25, -0.2) is 9.79 Å². The van der Waals surface area contributed by atoms with E-state index in [-0.39, 0.29) is 28.7 Å². The van der Waals surface area contributed by atoms with Crippen molar-refractivity contribution in [2.45, 2.75) is 6.18 Å². The predicted molar refractivity (Wildman–Crippen MR) is 96.9 cm³/mol. The number of hydrogen-bond donors (Lipinski definition) is 2. The molecule has 0 saturated heterocycles. The maximum absolute atomic E-state index is 12.9. The summed E-state index contributed by atoms with van der Waals surface area (Å²) in [6.07, 6.45) is -4.01. The Kier molecular flexibility index (Phi) is 6.59. The summed E-state index contributed by atoms with van der Waals surface area (Å²) < 4.78 is 43.2. The van der Waals surface area contributed by atoms with E-state index in [0.717, 1.165) is 0 Å². The minimum atomic E-state index is -4.72. The van der Waals surface area contributed by atoms with E-state index in [1.165, 1.54) is 24.3 Å². The van der Waals surface area contributed by atoms with Gasteiger partial charge < -0.3 is 10.5 Å². The molecule has 0 saturated carbocycles. The fourth-order valence-electron chi connectivity index (χ4n) is 2.02. The molecule has 0 bridgehead atoms. The minimum Gasteiger partial charge on any atom is -0.446 e. The molecule has 0 aliphatic carbocycles. The number of aliphatic imine (C=N–C) groups is 1. The number of halogens is 4. The van der Waals surface area contributed by atoms with Crippen molar-refractivity contribution in [3.05, 3.63) is 76.5 Å². The van der Waals surface area contributed by atoms with Gasteiger partial charge in [0.25, 0.3) is 0 Å². The van der Waals surface area contributed by atoms with Gasteiger partial charge in [-0.2, -0.15) is 13.2 Å². The highest BCUT2D eigenvalue weighted by Crippen LogP contribution is 2.27. The molecule has 2 rings (SSSR count). The largest absolute Gasteiger partial charge is 0.446 e. The summed E-state index contributed by atoms with van der Waals surface area (Å²) in [5.74, 6) is -0.654. The number of carbonyl (C=O) groups excluding carboxylic acids is 1. The number of esters is 1. The van der Waals surface area contributed by atoms with E-state index in [0.29, 0.717) is 11.6 Å². The molecule has 0 radical (unpaired) electrons. The van der Waals surface area contributed by atoms with E-state index in [4.69, 9.17) is 23.1 Å². The van der Waals surface area contributed by atoms with Crippen molar-refractivity contribution in [3.63, 3.8) is 0 Å². The first-order chi connectivity index (χ1) is 12.7.